The zero-order valence-electron chi connectivity index (χ0n) is 7.79. The molecule has 0 heterocycles. The van der Waals surface area contributed by atoms with Gasteiger partial charge in [-0.1, -0.05) is 0 Å². The molecule has 0 aliphatic carbocycles. The van der Waals surface area contributed by atoms with E-state index in [2.05, 4.69) is 0 Å². The summed E-state index contributed by atoms with van der Waals surface area (Å²) in [5.74, 6) is -11.5. The van der Waals surface area contributed by atoms with E-state index in [4.69, 9.17) is 0 Å². The quantitative estimate of drug-likeness (QED) is 0.588. The zero-order chi connectivity index (χ0) is 13.4. The first kappa shape index (κ1) is 13.5. The first-order valence-corrected chi connectivity index (χ1v) is 4.02. The van der Waals surface area contributed by atoms with Crippen LogP contribution in [0.25, 0.3) is 0 Å². The maximum Gasteiger partial charge on any atom is 0.461 e. The lowest BCUT2D eigenvalue weighted by Crippen LogP contribution is -2.44. The average molecular weight is 260 g/mol. The van der Waals surface area contributed by atoms with E-state index in [-0.39, 0.29) is 12.1 Å². The van der Waals surface area contributed by atoms with E-state index in [0.717, 1.165) is 0 Å². The molecule has 0 fully saturated rings. The normalized spacial score (nSPS) is 12.6. The SMILES string of the molecule is O=C(c1cc(F)ccc1F)C(F)(F)C(F)(F)F. The molecule has 1 aromatic rings. The molecule has 17 heavy (non-hydrogen) atoms. The van der Waals surface area contributed by atoms with Gasteiger partial charge in [0.1, 0.15) is 11.6 Å². The number of benzene rings is 1. The van der Waals surface area contributed by atoms with Crippen LogP contribution in [0.1, 0.15) is 10.4 Å². The molecule has 1 rings (SSSR count). The van der Waals surface area contributed by atoms with Gasteiger partial charge in [-0.2, -0.15) is 22.0 Å². The minimum Gasteiger partial charge on any atom is -0.287 e. The van der Waals surface area contributed by atoms with Crippen molar-refractivity contribution in [2.24, 2.45) is 0 Å². The Bertz CT molecular complexity index is 449. The highest BCUT2D eigenvalue weighted by Gasteiger charge is 2.63. The summed E-state index contributed by atoms with van der Waals surface area (Å²) in [6.07, 6.45) is -6.16. The van der Waals surface area contributed by atoms with Crippen LogP contribution < -0.4 is 0 Å². The molecule has 1 aromatic carbocycles. The summed E-state index contributed by atoms with van der Waals surface area (Å²) in [5, 5.41) is 0. The van der Waals surface area contributed by atoms with Crippen LogP contribution in [0.5, 0.6) is 0 Å². The van der Waals surface area contributed by atoms with Gasteiger partial charge in [0.05, 0.1) is 5.56 Å². The van der Waals surface area contributed by atoms with E-state index in [1.807, 2.05) is 0 Å². The molecular weight excluding hydrogens is 257 g/mol. The first-order valence-electron chi connectivity index (χ1n) is 4.02. The molecule has 0 N–H and O–H groups in total. The van der Waals surface area contributed by atoms with Gasteiger partial charge in [0.15, 0.2) is 0 Å². The van der Waals surface area contributed by atoms with Crippen LogP contribution in [0.4, 0.5) is 30.7 Å². The number of Topliss-reactive ketones (excluding diaryl/α,β-unsaturated/α-hetero) is 1. The number of alkyl halides is 5. The molecule has 0 unspecified atom stereocenters. The number of halogens is 7. The Labute approximate surface area is 89.8 Å². The third kappa shape index (κ3) is 2.40. The number of carbonyl (C=O) groups excluding carboxylic acids is 1. The Morgan fingerprint density at radius 2 is 1.53 bits per heavy atom. The molecule has 0 aliphatic heterocycles. The monoisotopic (exact) mass is 260 g/mol. The molecule has 0 amide bonds. The fourth-order valence-electron chi connectivity index (χ4n) is 0.969. The topological polar surface area (TPSA) is 17.1 Å². The summed E-state index contributed by atoms with van der Waals surface area (Å²) >= 11 is 0. The van der Waals surface area contributed by atoms with E-state index in [9.17, 15) is 35.5 Å². The van der Waals surface area contributed by atoms with Crippen molar-refractivity contribution in [3.05, 3.63) is 35.4 Å². The molecule has 0 saturated carbocycles. The fraction of sp³-hybridized carbons (Fsp3) is 0.222. The number of ketones is 1. The summed E-state index contributed by atoms with van der Waals surface area (Å²) in [6, 6.07) is 0.754. The van der Waals surface area contributed by atoms with E-state index in [0.29, 0.717) is 6.07 Å². The molecule has 0 aromatic heterocycles. The highest BCUT2D eigenvalue weighted by atomic mass is 19.4. The molecule has 0 radical (unpaired) electrons. The van der Waals surface area contributed by atoms with E-state index < -0.39 is 35.1 Å². The summed E-state index contributed by atoms with van der Waals surface area (Å²) in [7, 11) is 0. The van der Waals surface area contributed by atoms with Crippen LogP contribution in [0.15, 0.2) is 18.2 Å². The van der Waals surface area contributed by atoms with E-state index >= 15 is 0 Å². The summed E-state index contributed by atoms with van der Waals surface area (Å²) < 4.78 is 86.0. The number of hydrogen-bond donors (Lipinski definition) is 0. The average Bonchev–Trinajstić information content (AvgIpc) is 2.19. The number of rotatable bonds is 2. The first-order chi connectivity index (χ1) is 7.57. The molecule has 0 aliphatic rings. The molecular formula is C9H3F7O. The molecule has 1 nitrogen and oxygen atoms in total. The van der Waals surface area contributed by atoms with Crippen LogP contribution in [-0.4, -0.2) is 17.9 Å². The van der Waals surface area contributed by atoms with Crippen LogP contribution in [0, 0.1) is 11.6 Å². The van der Waals surface area contributed by atoms with Crippen LogP contribution in [-0.2, 0) is 0 Å². The number of hydrogen-bond acceptors (Lipinski definition) is 1. The lowest BCUT2D eigenvalue weighted by Gasteiger charge is -2.18. The Balaban J connectivity index is 3.26. The highest BCUT2D eigenvalue weighted by molar-refractivity contribution is 6.02. The van der Waals surface area contributed by atoms with Gasteiger partial charge in [-0.15, -0.1) is 0 Å². The Kier molecular flexibility index (Phi) is 3.17. The van der Waals surface area contributed by atoms with E-state index in [1.165, 1.54) is 0 Å². The van der Waals surface area contributed by atoms with Gasteiger partial charge in [-0.05, 0) is 18.2 Å². The minimum atomic E-state index is -6.16. The smallest absolute Gasteiger partial charge is 0.287 e. The van der Waals surface area contributed by atoms with Gasteiger partial charge in [-0.25, -0.2) is 8.78 Å². The minimum absolute atomic E-state index is 0.0166. The molecule has 8 heteroatoms. The highest BCUT2D eigenvalue weighted by Crippen LogP contribution is 2.38. The summed E-state index contributed by atoms with van der Waals surface area (Å²) in [6.45, 7) is 0. The van der Waals surface area contributed by atoms with E-state index in [1.54, 1.807) is 0 Å². The largest absolute Gasteiger partial charge is 0.461 e. The Morgan fingerprint density at radius 3 is 2.00 bits per heavy atom. The maximum absolute atomic E-state index is 12.9. The van der Waals surface area contributed by atoms with Crippen molar-refractivity contribution in [1.29, 1.82) is 0 Å². The molecule has 0 bridgehead atoms. The standard InChI is InChI=1S/C9H3F7O/c10-4-1-2-6(11)5(3-4)7(17)8(12,13)9(14,15)16/h1-3H. The van der Waals surface area contributed by atoms with Crippen molar-refractivity contribution in [3.8, 4) is 0 Å². The van der Waals surface area contributed by atoms with Crippen molar-refractivity contribution in [3.63, 3.8) is 0 Å². The fourth-order valence-corrected chi connectivity index (χ4v) is 0.969. The van der Waals surface area contributed by atoms with Gasteiger partial charge in [-0.3, -0.25) is 4.79 Å². The second-order valence-electron chi connectivity index (χ2n) is 3.03. The van der Waals surface area contributed by atoms with Crippen LogP contribution >= 0.6 is 0 Å². The zero-order valence-corrected chi connectivity index (χ0v) is 7.79. The third-order valence-electron chi connectivity index (χ3n) is 1.81. The van der Waals surface area contributed by atoms with Crippen molar-refractivity contribution in [1.82, 2.24) is 0 Å². The van der Waals surface area contributed by atoms with Gasteiger partial charge in [0.25, 0.3) is 0 Å². The van der Waals surface area contributed by atoms with Crippen molar-refractivity contribution in [2.75, 3.05) is 0 Å². The maximum atomic E-state index is 12.9. The Morgan fingerprint density at radius 1 is 1.00 bits per heavy atom. The number of carbonyl (C=O) groups is 1. The lowest BCUT2D eigenvalue weighted by molar-refractivity contribution is -0.255. The molecule has 0 spiro atoms. The molecule has 94 valence electrons. The van der Waals surface area contributed by atoms with Crippen molar-refractivity contribution in [2.45, 2.75) is 12.1 Å². The predicted molar refractivity (Wildman–Crippen MR) is 41.7 cm³/mol. The second-order valence-corrected chi connectivity index (χ2v) is 3.03. The van der Waals surface area contributed by atoms with Gasteiger partial charge >= 0.3 is 12.1 Å². The van der Waals surface area contributed by atoms with Crippen LogP contribution in [0.3, 0.4) is 0 Å². The predicted octanol–water partition coefficient (Wildman–Crippen LogP) is 3.35. The van der Waals surface area contributed by atoms with Gasteiger partial charge in [0, 0.05) is 0 Å². The molecule has 0 saturated heterocycles. The van der Waals surface area contributed by atoms with Gasteiger partial charge < -0.3 is 0 Å². The van der Waals surface area contributed by atoms with Crippen LogP contribution in [0.2, 0.25) is 0 Å². The second kappa shape index (κ2) is 4.01. The molecule has 0 atom stereocenters. The lowest BCUT2D eigenvalue weighted by atomic mass is 10.0. The Hall–Kier alpha value is -1.60. The van der Waals surface area contributed by atoms with Crippen molar-refractivity contribution < 1.29 is 35.5 Å². The summed E-state index contributed by atoms with van der Waals surface area (Å²) in [5.41, 5.74) is -1.65. The third-order valence-corrected chi connectivity index (χ3v) is 1.81. The summed E-state index contributed by atoms with van der Waals surface area (Å²) in [4.78, 5) is 10.8. The van der Waals surface area contributed by atoms with Crippen molar-refractivity contribution >= 4 is 5.78 Å². The van der Waals surface area contributed by atoms with Gasteiger partial charge in [0.2, 0.25) is 5.78 Å².